The number of hydrogen-bond acceptors (Lipinski definition) is 5. The molecule has 0 bridgehead atoms. The van der Waals surface area contributed by atoms with Gasteiger partial charge in [0.25, 0.3) is 0 Å². The van der Waals surface area contributed by atoms with E-state index in [9.17, 15) is 9.50 Å². The van der Waals surface area contributed by atoms with Gasteiger partial charge in [0.05, 0.1) is 18.0 Å². The molecular formula is C15H15FN4OS. The number of anilines is 1. The Morgan fingerprint density at radius 3 is 2.82 bits per heavy atom. The number of aliphatic hydroxyl groups is 1. The van der Waals surface area contributed by atoms with E-state index in [4.69, 9.17) is 0 Å². The number of nitrogens with zero attached hydrogens (tertiary/aromatic N) is 4. The predicted molar refractivity (Wildman–Crippen MR) is 83.7 cm³/mol. The fraction of sp³-hybridized carbons (Fsp3) is 0.333. The zero-order chi connectivity index (χ0) is 15.1. The fourth-order valence-electron chi connectivity index (χ4n) is 2.71. The lowest BCUT2D eigenvalue weighted by Crippen LogP contribution is -2.38. The van der Waals surface area contributed by atoms with Crippen molar-refractivity contribution in [3.05, 3.63) is 36.3 Å². The first-order chi connectivity index (χ1) is 10.7. The van der Waals surface area contributed by atoms with Crippen molar-refractivity contribution in [3.8, 4) is 11.3 Å². The maximum absolute atomic E-state index is 13.0. The van der Waals surface area contributed by atoms with Crippen LogP contribution in [0, 0.1) is 5.82 Å². The van der Waals surface area contributed by atoms with Crippen molar-refractivity contribution in [2.24, 2.45) is 0 Å². The van der Waals surface area contributed by atoms with E-state index in [1.54, 1.807) is 16.6 Å². The molecule has 5 nitrogen and oxygen atoms in total. The number of rotatable bonds is 2. The second kappa shape index (κ2) is 5.33. The van der Waals surface area contributed by atoms with Crippen LogP contribution in [0.1, 0.15) is 12.8 Å². The molecule has 1 aromatic carbocycles. The summed E-state index contributed by atoms with van der Waals surface area (Å²) in [6.45, 7) is 1.54. The van der Waals surface area contributed by atoms with Gasteiger partial charge >= 0.3 is 0 Å². The minimum absolute atomic E-state index is 0.256. The summed E-state index contributed by atoms with van der Waals surface area (Å²) in [5.41, 5.74) is 1.65. The Labute approximate surface area is 130 Å². The SMILES string of the molecule is O[C@@H]1CCCN(c2nn3cc(-c4ccc(F)cc4)nc3s2)C1. The summed E-state index contributed by atoms with van der Waals surface area (Å²) in [6, 6.07) is 6.28. The number of hydrogen-bond donors (Lipinski definition) is 1. The van der Waals surface area contributed by atoms with Gasteiger partial charge in [0, 0.05) is 18.7 Å². The molecule has 1 aliphatic heterocycles. The number of imidazole rings is 1. The van der Waals surface area contributed by atoms with Crippen molar-refractivity contribution in [1.82, 2.24) is 14.6 Å². The highest BCUT2D eigenvalue weighted by Gasteiger charge is 2.21. The van der Waals surface area contributed by atoms with E-state index in [0.717, 1.165) is 40.7 Å². The highest BCUT2D eigenvalue weighted by Crippen LogP contribution is 2.28. The third kappa shape index (κ3) is 2.46. The number of fused-ring (bicyclic) bond motifs is 1. The van der Waals surface area contributed by atoms with Crippen molar-refractivity contribution in [2.75, 3.05) is 18.0 Å². The zero-order valence-corrected chi connectivity index (χ0v) is 12.6. The Hall–Kier alpha value is -1.99. The van der Waals surface area contributed by atoms with Gasteiger partial charge in [-0.05, 0) is 37.1 Å². The van der Waals surface area contributed by atoms with Crippen molar-refractivity contribution in [1.29, 1.82) is 0 Å². The van der Waals surface area contributed by atoms with E-state index in [2.05, 4.69) is 15.0 Å². The molecule has 1 fully saturated rings. The summed E-state index contributed by atoms with van der Waals surface area (Å²) in [7, 11) is 0. The Kier molecular flexibility index (Phi) is 3.31. The molecule has 1 aliphatic rings. The Morgan fingerprint density at radius 2 is 2.09 bits per heavy atom. The third-order valence-corrected chi connectivity index (χ3v) is 4.82. The molecule has 0 spiro atoms. The molecule has 1 atom stereocenters. The lowest BCUT2D eigenvalue weighted by molar-refractivity contribution is 0.154. The number of aromatic nitrogens is 3. The summed E-state index contributed by atoms with van der Waals surface area (Å²) >= 11 is 1.51. The van der Waals surface area contributed by atoms with Crippen LogP contribution in [0.5, 0.6) is 0 Å². The number of halogens is 1. The van der Waals surface area contributed by atoms with Gasteiger partial charge in [0.2, 0.25) is 10.1 Å². The first kappa shape index (κ1) is 13.7. The van der Waals surface area contributed by atoms with Crippen LogP contribution in [0.25, 0.3) is 16.2 Å². The zero-order valence-electron chi connectivity index (χ0n) is 11.8. The molecule has 1 saturated heterocycles. The summed E-state index contributed by atoms with van der Waals surface area (Å²) < 4.78 is 14.7. The van der Waals surface area contributed by atoms with Crippen molar-refractivity contribution in [3.63, 3.8) is 0 Å². The van der Waals surface area contributed by atoms with Gasteiger partial charge in [-0.25, -0.2) is 13.9 Å². The van der Waals surface area contributed by atoms with Gasteiger partial charge in [-0.1, -0.05) is 11.3 Å². The minimum atomic E-state index is -0.278. The molecule has 1 N–H and O–H groups in total. The van der Waals surface area contributed by atoms with Crippen molar-refractivity contribution in [2.45, 2.75) is 18.9 Å². The lowest BCUT2D eigenvalue weighted by atomic mass is 10.1. The Bertz CT molecular complexity index is 766. The fourth-order valence-corrected chi connectivity index (χ4v) is 3.62. The molecule has 7 heteroatoms. The molecule has 4 rings (SSSR count). The number of benzene rings is 1. The average Bonchev–Trinajstić information content (AvgIpc) is 3.06. The summed E-state index contributed by atoms with van der Waals surface area (Å²) in [4.78, 5) is 7.46. The normalized spacial score (nSPS) is 19.0. The van der Waals surface area contributed by atoms with Gasteiger partial charge in [-0.2, -0.15) is 0 Å². The van der Waals surface area contributed by atoms with Crippen LogP contribution in [0.3, 0.4) is 0 Å². The highest BCUT2D eigenvalue weighted by molar-refractivity contribution is 7.20. The molecular weight excluding hydrogens is 303 g/mol. The van der Waals surface area contributed by atoms with E-state index in [1.165, 1.54) is 23.5 Å². The molecule has 3 aromatic rings. The Morgan fingerprint density at radius 1 is 1.27 bits per heavy atom. The second-order valence-corrected chi connectivity index (χ2v) is 6.42. The van der Waals surface area contributed by atoms with Crippen LogP contribution < -0.4 is 4.90 Å². The highest BCUT2D eigenvalue weighted by atomic mass is 32.1. The topological polar surface area (TPSA) is 53.7 Å². The smallest absolute Gasteiger partial charge is 0.214 e. The molecule has 0 saturated carbocycles. The summed E-state index contributed by atoms with van der Waals surface area (Å²) in [5.74, 6) is -0.256. The molecule has 22 heavy (non-hydrogen) atoms. The van der Waals surface area contributed by atoms with Gasteiger partial charge < -0.3 is 10.0 Å². The molecule has 114 valence electrons. The monoisotopic (exact) mass is 318 g/mol. The van der Waals surface area contributed by atoms with Crippen LogP contribution in [0.15, 0.2) is 30.5 Å². The van der Waals surface area contributed by atoms with E-state index in [-0.39, 0.29) is 11.9 Å². The van der Waals surface area contributed by atoms with E-state index < -0.39 is 0 Å². The van der Waals surface area contributed by atoms with Crippen LogP contribution in [0.4, 0.5) is 9.52 Å². The number of β-amino-alcohol motifs (C(OH)–C–C–N with tert-alkyl or cyclic N) is 1. The first-order valence-electron chi connectivity index (χ1n) is 7.24. The van der Waals surface area contributed by atoms with E-state index in [1.807, 2.05) is 6.20 Å². The molecule has 3 heterocycles. The summed E-state index contributed by atoms with van der Waals surface area (Å²) in [6.07, 6.45) is 3.40. The molecule has 0 unspecified atom stereocenters. The largest absolute Gasteiger partial charge is 0.391 e. The van der Waals surface area contributed by atoms with Crippen LogP contribution in [0.2, 0.25) is 0 Å². The van der Waals surface area contributed by atoms with E-state index >= 15 is 0 Å². The standard InChI is InChI=1S/C15H15FN4OS/c16-11-5-3-10(4-6-11)13-9-20-14(17-13)22-15(18-20)19-7-1-2-12(21)8-19/h3-6,9,12,21H,1-2,7-8H2/t12-/m1/s1. The lowest BCUT2D eigenvalue weighted by Gasteiger charge is -2.29. The molecule has 0 amide bonds. The molecule has 0 radical (unpaired) electrons. The maximum atomic E-state index is 13.0. The third-order valence-electron chi connectivity index (χ3n) is 3.84. The predicted octanol–water partition coefficient (Wildman–Crippen LogP) is 2.56. The van der Waals surface area contributed by atoms with Crippen molar-refractivity contribution >= 4 is 21.4 Å². The number of piperidine rings is 1. The van der Waals surface area contributed by atoms with Gasteiger partial charge in [0.15, 0.2) is 0 Å². The van der Waals surface area contributed by atoms with Crippen LogP contribution in [-0.2, 0) is 0 Å². The second-order valence-electron chi connectivity index (χ2n) is 5.49. The summed E-state index contributed by atoms with van der Waals surface area (Å²) in [5, 5.41) is 15.2. The van der Waals surface area contributed by atoms with Gasteiger partial charge in [-0.15, -0.1) is 5.10 Å². The van der Waals surface area contributed by atoms with Crippen molar-refractivity contribution < 1.29 is 9.50 Å². The van der Waals surface area contributed by atoms with Crippen LogP contribution >= 0.6 is 11.3 Å². The first-order valence-corrected chi connectivity index (χ1v) is 8.06. The maximum Gasteiger partial charge on any atom is 0.214 e. The van der Waals surface area contributed by atoms with Gasteiger partial charge in [0.1, 0.15) is 5.82 Å². The minimum Gasteiger partial charge on any atom is -0.391 e. The molecule has 2 aromatic heterocycles. The quantitative estimate of drug-likeness (QED) is 0.789. The number of aliphatic hydroxyl groups excluding tert-OH is 1. The Balaban J connectivity index is 1.63. The van der Waals surface area contributed by atoms with E-state index in [0.29, 0.717) is 6.54 Å². The average molecular weight is 318 g/mol. The van der Waals surface area contributed by atoms with Gasteiger partial charge in [-0.3, -0.25) is 0 Å². The molecule has 0 aliphatic carbocycles. The van der Waals surface area contributed by atoms with Crippen LogP contribution in [-0.4, -0.2) is 38.9 Å².